The summed E-state index contributed by atoms with van der Waals surface area (Å²) in [6.45, 7) is 2.12. The molecule has 2 saturated carbocycles. The lowest BCUT2D eigenvalue weighted by Crippen LogP contribution is -2.19. The second kappa shape index (κ2) is 11.5. The Hall–Kier alpha value is -1.46. The highest BCUT2D eigenvalue weighted by molar-refractivity contribution is 5.85. The molecule has 5 nitrogen and oxygen atoms in total. The molecule has 0 aliphatic heterocycles. The van der Waals surface area contributed by atoms with Crippen molar-refractivity contribution in [1.82, 2.24) is 0 Å². The van der Waals surface area contributed by atoms with Gasteiger partial charge in [-0.05, 0) is 43.9 Å². The van der Waals surface area contributed by atoms with Gasteiger partial charge in [0.05, 0.1) is 13.0 Å². The van der Waals surface area contributed by atoms with E-state index in [0.717, 1.165) is 51.4 Å². The van der Waals surface area contributed by atoms with E-state index in [1.165, 1.54) is 7.11 Å². The number of Topliss-reactive ketones (excluding diaryl/α,β-unsaturated/α-hetero) is 1. The third-order valence-electron chi connectivity index (χ3n) is 6.20. The molecule has 0 heterocycles. The van der Waals surface area contributed by atoms with Crippen molar-refractivity contribution in [3.05, 3.63) is 24.3 Å². The van der Waals surface area contributed by atoms with Gasteiger partial charge in [-0.1, -0.05) is 50.5 Å². The summed E-state index contributed by atoms with van der Waals surface area (Å²) in [6.07, 6.45) is 14.6. The molecule has 0 aromatic carbocycles. The van der Waals surface area contributed by atoms with Crippen LogP contribution in [0.5, 0.6) is 0 Å². The van der Waals surface area contributed by atoms with Gasteiger partial charge in [0.2, 0.25) is 0 Å². The molecule has 28 heavy (non-hydrogen) atoms. The van der Waals surface area contributed by atoms with Gasteiger partial charge in [0.25, 0.3) is 0 Å². The van der Waals surface area contributed by atoms with Gasteiger partial charge in [-0.15, -0.1) is 0 Å². The number of unbranched alkanes of at least 4 members (excludes halogenated alkanes) is 2. The van der Waals surface area contributed by atoms with E-state index in [4.69, 9.17) is 4.74 Å². The van der Waals surface area contributed by atoms with Crippen molar-refractivity contribution < 1.29 is 24.5 Å². The van der Waals surface area contributed by atoms with Gasteiger partial charge >= 0.3 is 5.97 Å². The number of methoxy groups -OCH3 is 1. The maximum Gasteiger partial charge on any atom is 0.308 e. The quantitative estimate of drug-likeness (QED) is 0.228. The van der Waals surface area contributed by atoms with Crippen LogP contribution < -0.4 is 0 Å². The van der Waals surface area contributed by atoms with Gasteiger partial charge in [-0.25, -0.2) is 0 Å². The van der Waals surface area contributed by atoms with Crippen molar-refractivity contribution in [2.24, 2.45) is 29.6 Å². The summed E-state index contributed by atoms with van der Waals surface area (Å²) < 4.78 is 4.77. The fraction of sp³-hybridized carbons (Fsp3) is 0.739. The minimum Gasteiger partial charge on any atom is -0.469 e. The molecular weight excluding hydrogens is 356 g/mol. The number of ketones is 1. The van der Waals surface area contributed by atoms with Crippen LogP contribution in [0.4, 0.5) is 0 Å². The number of ether oxygens (including phenoxy) is 1. The van der Waals surface area contributed by atoms with E-state index in [9.17, 15) is 19.8 Å². The van der Waals surface area contributed by atoms with E-state index in [1.807, 2.05) is 12.2 Å². The largest absolute Gasteiger partial charge is 0.469 e. The zero-order valence-corrected chi connectivity index (χ0v) is 17.3. The number of rotatable bonds is 12. The molecule has 0 radical (unpaired) electrons. The fourth-order valence-electron chi connectivity index (χ4n) is 4.19. The van der Waals surface area contributed by atoms with Crippen LogP contribution in [-0.4, -0.2) is 35.4 Å². The van der Waals surface area contributed by atoms with E-state index in [0.29, 0.717) is 12.3 Å². The van der Waals surface area contributed by atoms with E-state index in [-0.39, 0.29) is 35.4 Å². The predicted molar refractivity (Wildman–Crippen MR) is 108 cm³/mol. The maximum absolute atomic E-state index is 12.3. The number of aliphatic hydroxyl groups excluding tert-OH is 1. The Morgan fingerprint density at radius 2 is 1.93 bits per heavy atom. The van der Waals surface area contributed by atoms with Gasteiger partial charge in [0, 0.05) is 18.3 Å². The Morgan fingerprint density at radius 3 is 2.57 bits per heavy atom. The van der Waals surface area contributed by atoms with Gasteiger partial charge < -0.3 is 14.9 Å². The molecule has 2 fully saturated rings. The highest BCUT2D eigenvalue weighted by Crippen LogP contribution is 2.42. The Bertz CT molecular complexity index is 565. The maximum atomic E-state index is 12.3. The molecule has 5 atom stereocenters. The molecule has 2 aliphatic carbocycles. The standard InChI is InChI=1S/C23H36O5/c1-3-4-5-9-17(22(25)26)11-13-19-16(12-14-21(19)24)8-6-7-10-18-15-20(18)23(27)28-2/h6-7,11,13,16-20,22,25-26H,3-5,8-10,12,14-15H2,1-2H3/t16-,17?,18+,19+,20+/m0/s1. The second-order valence-electron chi connectivity index (χ2n) is 8.32. The molecule has 2 N–H and O–H groups in total. The van der Waals surface area contributed by atoms with Crippen LogP contribution in [0.3, 0.4) is 0 Å². The first kappa shape index (κ1) is 22.8. The number of carbonyl (C=O) groups excluding carboxylic acids is 2. The highest BCUT2D eigenvalue weighted by atomic mass is 16.5. The molecule has 5 heteroatoms. The third-order valence-corrected chi connectivity index (χ3v) is 6.20. The van der Waals surface area contributed by atoms with E-state index < -0.39 is 6.29 Å². The van der Waals surface area contributed by atoms with E-state index >= 15 is 0 Å². The normalized spacial score (nSPS) is 28.5. The molecule has 0 spiro atoms. The average molecular weight is 393 g/mol. The van der Waals surface area contributed by atoms with Crippen LogP contribution >= 0.6 is 0 Å². The summed E-state index contributed by atoms with van der Waals surface area (Å²) in [5.74, 6) is 0.462. The number of hydrogen-bond acceptors (Lipinski definition) is 5. The molecule has 1 unspecified atom stereocenters. The molecule has 0 amide bonds. The van der Waals surface area contributed by atoms with Crippen LogP contribution in [0.15, 0.2) is 24.3 Å². The topological polar surface area (TPSA) is 83.8 Å². The summed E-state index contributed by atoms with van der Waals surface area (Å²) in [5, 5.41) is 19.2. The lowest BCUT2D eigenvalue weighted by molar-refractivity contribution is -0.142. The zero-order valence-electron chi connectivity index (χ0n) is 17.3. The monoisotopic (exact) mass is 392 g/mol. The third kappa shape index (κ3) is 6.85. The minimum absolute atomic E-state index is 0.0629. The molecule has 158 valence electrons. The van der Waals surface area contributed by atoms with Crippen LogP contribution in [-0.2, 0) is 14.3 Å². The first-order valence-electron chi connectivity index (χ1n) is 10.8. The SMILES string of the molecule is CCCCCC(C=C[C@H]1C(=O)CC[C@@H]1CC=CC[C@@H]1C[C@H]1C(=O)OC)C(O)O. The van der Waals surface area contributed by atoms with Crippen molar-refractivity contribution in [3.63, 3.8) is 0 Å². The van der Waals surface area contributed by atoms with Crippen LogP contribution in [0.2, 0.25) is 0 Å². The molecule has 2 rings (SSSR count). The minimum atomic E-state index is -1.37. The van der Waals surface area contributed by atoms with Gasteiger partial charge in [0.15, 0.2) is 6.29 Å². The summed E-state index contributed by atoms with van der Waals surface area (Å²) in [6, 6.07) is 0. The van der Waals surface area contributed by atoms with Crippen molar-refractivity contribution in [2.45, 2.75) is 71.0 Å². The fourth-order valence-corrected chi connectivity index (χ4v) is 4.19. The lowest BCUT2D eigenvalue weighted by Gasteiger charge is -2.17. The first-order chi connectivity index (χ1) is 13.5. The molecule has 0 aromatic rings. The molecule has 0 saturated heterocycles. The van der Waals surface area contributed by atoms with Gasteiger partial charge in [-0.3, -0.25) is 9.59 Å². The summed E-state index contributed by atoms with van der Waals surface area (Å²) in [7, 11) is 1.43. The van der Waals surface area contributed by atoms with E-state index in [1.54, 1.807) is 0 Å². The lowest BCUT2D eigenvalue weighted by atomic mass is 9.89. The Labute approximate surface area is 168 Å². The van der Waals surface area contributed by atoms with Crippen LogP contribution in [0.1, 0.15) is 64.7 Å². The summed E-state index contributed by atoms with van der Waals surface area (Å²) in [4.78, 5) is 23.7. The molecule has 2 aliphatic rings. The molecular formula is C23H36O5. The predicted octanol–water partition coefficient (Wildman–Crippen LogP) is 3.79. The Morgan fingerprint density at radius 1 is 1.21 bits per heavy atom. The average Bonchev–Trinajstić information content (AvgIpc) is 3.37. The first-order valence-corrected chi connectivity index (χ1v) is 10.8. The van der Waals surface area contributed by atoms with Crippen molar-refractivity contribution in [3.8, 4) is 0 Å². The zero-order chi connectivity index (χ0) is 20.5. The summed E-state index contributed by atoms with van der Waals surface area (Å²) >= 11 is 0. The van der Waals surface area contributed by atoms with Gasteiger partial charge in [-0.2, -0.15) is 0 Å². The Balaban J connectivity index is 1.81. The van der Waals surface area contributed by atoms with E-state index in [2.05, 4.69) is 19.1 Å². The number of esters is 1. The van der Waals surface area contributed by atoms with Gasteiger partial charge in [0.1, 0.15) is 5.78 Å². The van der Waals surface area contributed by atoms with Crippen molar-refractivity contribution in [1.29, 1.82) is 0 Å². The van der Waals surface area contributed by atoms with Crippen molar-refractivity contribution in [2.75, 3.05) is 7.11 Å². The van der Waals surface area contributed by atoms with Crippen LogP contribution in [0.25, 0.3) is 0 Å². The van der Waals surface area contributed by atoms with Crippen molar-refractivity contribution >= 4 is 11.8 Å². The number of allylic oxidation sites excluding steroid dienone is 3. The molecule has 0 aromatic heterocycles. The smallest absolute Gasteiger partial charge is 0.308 e. The number of hydrogen-bond donors (Lipinski definition) is 2. The Kier molecular flexibility index (Phi) is 9.39. The second-order valence-corrected chi connectivity index (χ2v) is 8.32. The highest BCUT2D eigenvalue weighted by Gasteiger charge is 2.42. The number of carbonyl (C=O) groups is 2. The summed E-state index contributed by atoms with van der Waals surface area (Å²) in [5.41, 5.74) is 0. The molecule has 0 bridgehead atoms. The number of aliphatic hydroxyl groups is 2. The van der Waals surface area contributed by atoms with Crippen LogP contribution in [0, 0.1) is 29.6 Å².